The standard InChI is InChI=1S/C19H24FN3O3S/c1-3-19(21,4-2)13-22-18(24)14-5-9-16(10-6-14)23-27(25,26)17-11-7-15(20)8-12-17/h5-12,23H,3-4,13,21H2,1-2H3,(H,22,24). The molecular weight excluding hydrogens is 369 g/mol. The molecule has 0 fully saturated rings. The number of halogens is 1. The number of sulfonamides is 1. The predicted octanol–water partition coefficient (Wildman–Crippen LogP) is 2.87. The van der Waals surface area contributed by atoms with Crippen LogP contribution in [0.3, 0.4) is 0 Å². The van der Waals surface area contributed by atoms with Gasteiger partial charge in [-0.15, -0.1) is 0 Å². The molecular formula is C19H24FN3O3S. The molecule has 0 aliphatic rings. The number of carbonyl (C=O) groups is 1. The number of nitrogens with two attached hydrogens (primary N) is 1. The second-order valence-corrected chi connectivity index (χ2v) is 8.07. The topological polar surface area (TPSA) is 101 Å². The lowest BCUT2D eigenvalue weighted by Gasteiger charge is -2.26. The maximum Gasteiger partial charge on any atom is 0.261 e. The van der Waals surface area contributed by atoms with Crippen molar-refractivity contribution < 1.29 is 17.6 Å². The van der Waals surface area contributed by atoms with Crippen molar-refractivity contribution in [2.75, 3.05) is 11.3 Å². The van der Waals surface area contributed by atoms with Gasteiger partial charge in [-0.25, -0.2) is 12.8 Å². The molecule has 0 saturated carbocycles. The Hall–Kier alpha value is -2.45. The molecule has 8 heteroatoms. The van der Waals surface area contributed by atoms with Crippen LogP contribution in [0, 0.1) is 5.82 Å². The van der Waals surface area contributed by atoms with E-state index < -0.39 is 21.4 Å². The average molecular weight is 393 g/mol. The zero-order chi connectivity index (χ0) is 20.1. The van der Waals surface area contributed by atoms with Gasteiger partial charge in [-0.05, 0) is 61.4 Å². The Morgan fingerprint density at radius 2 is 1.59 bits per heavy atom. The Balaban J connectivity index is 2.04. The summed E-state index contributed by atoms with van der Waals surface area (Å²) >= 11 is 0. The minimum atomic E-state index is -3.83. The fraction of sp³-hybridized carbons (Fsp3) is 0.316. The number of amides is 1. The van der Waals surface area contributed by atoms with Crippen molar-refractivity contribution in [3.8, 4) is 0 Å². The van der Waals surface area contributed by atoms with E-state index in [9.17, 15) is 17.6 Å². The van der Waals surface area contributed by atoms with Crippen LogP contribution >= 0.6 is 0 Å². The second kappa shape index (κ2) is 8.49. The highest BCUT2D eigenvalue weighted by molar-refractivity contribution is 7.92. The number of hydrogen-bond acceptors (Lipinski definition) is 4. The summed E-state index contributed by atoms with van der Waals surface area (Å²) in [6.07, 6.45) is 1.49. The van der Waals surface area contributed by atoms with Crippen molar-refractivity contribution in [1.82, 2.24) is 5.32 Å². The van der Waals surface area contributed by atoms with Gasteiger partial charge in [0, 0.05) is 23.3 Å². The SMILES string of the molecule is CCC(N)(CC)CNC(=O)c1ccc(NS(=O)(=O)c2ccc(F)cc2)cc1. The summed E-state index contributed by atoms with van der Waals surface area (Å²) < 4.78 is 39.9. The third-order valence-electron chi connectivity index (χ3n) is 4.53. The summed E-state index contributed by atoms with van der Waals surface area (Å²) in [4.78, 5) is 12.2. The van der Waals surface area contributed by atoms with Crippen LogP contribution in [0.15, 0.2) is 53.4 Å². The highest BCUT2D eigenvalue weighted by Gasteiger charge is 2.21. The summed E-state index contributed by atoms with van der Waals surface area (Å²) in [5.74, 6) is -0.795. The molecule has 0 heterocycles. The van der Waals surface area contributed by atoms with Gasteiger partial charge in [-0.2, -0.15) is 0 Å². The summed E-state index contributed by atoms with van der Waals surface area (Å²) in [5.41, 5.74) is 6.42. The van der Waals surface area contributed by atoms with E-state index in [-0.39, 0.29) is 10.8 Å². The van der Waals surface area contributed by atoms with Crippen LogP contribution in [0.5, 0.6) is 0 Å². The maximum atomic E-state index is 12.9. The van der Waals surface area contributed by atoms with Gasteiger partial charge in [0.25, 0.3) is 15.9 Å². The zero-order valence-electron chi connectivity index (χ0n) is 15.3. The molecule has 4 N–H and O–H groups in total. The van der Waals surface area contributed by atoms with Crippen LogP contribution < -0.4 is 15.8 Å². The van der Waals surface area contributed by atoms with Crippen LogP contribution in [0.2, 0.25) is 0 Å². The van der Waals surface area contributed by atoms with Gasteiger partial charge in [0.2, 0.25) is 0 Å². The average Bonchev–Trinajstić information content (AvgIpc) is 2.66. The molecule has 146 valence electrons. The minimum Gasteiger partial charge on any atom is -0.350 e. The number of nitrogens with one attached hydrogen (secondary N) is 2. The van der Waals surface area contributed by atoms with Crippen LogP contribution in [0.1, 0.15) is 37.0 Å². The van der Waals surface area contributed by atoms with Crippen molar-refractivity contribution in [2.45, 2.75) is 37.1 Å². The Morgan fingerprint density at radius 3 is 2.11 bits per heavy atom. The van der Waals surface area contributed by atoms with E-state index in [0.29, 0.717) is 17.8 Å². The highest BCUT2D eigenvalue weighted by Crippen LogP contribution is 2.17. The molecule has 0 aliphatic carbocycles. The summed E-state index contributed by atoms with van der Waals surface area (Å²) in [6, 6.07) is 10.5. The molecule has 0 spiro atoms. The van der Waals surface area contributed by atoms with Gasteiger partial charge in [0.05, 0.1) is 4.90 Å². The number of benzene rings is 2. The number of hydrogen-bond donors (Lipinski definition) is 3. The molecule has 0 aromatic heterocycles. The Morgan fingerprint density at radius 1 is 1.04 bits per heavy atom. The molecule has 2 rings (SSSR count). The number of anilines is 1. The van der Waals surface area contributed by atoms with E-state index in [0.717, 1.165) is 25.0 Å². The van der Waals surface area contributed by atoms with Crippen LogP contribution in [-0.4, -0.2) is 26.4 Å². The fourth-order valence-electron chi connectivity index (χ4n) is 2.38. The van der Waals surface area contributed by atoms with E-state index >= 15 is 0 Å². The Labute approximate surface area is 159 Å². The predicted molar refractivity (Wildman–Crippen MR) is 103 cm³/mol. The van der Waals surface area contributed by atoms with Gasteiger partial charge < -0.3 is 11.1 Å². The molecule has 1 amide bonds. The monoisotopic (exact) mass is 393 g/mol. The lowest BCUT2D eigenvalue weighted by molar-refractivity contribution is 0.0942. The smallest absolute Gasteiger partial charge is 0.261 e. The number of carbonyl (C=O) groups excluding carboxylic acids is 1. The van der Waals surface area contributed by atoms with Gasteiger partial charge in [-0.1, -0.05) is 13.8 Å². The van der Waals surface area contributed by atoms with E-state index in [2.05, 4.69) is 10.0 Å². The van der Waals surface area contributed by atoms with Crippen molar-refractivity contribution >= 4 is 21.6 Å². The molecule has 2 aromatic rings. The van der Waals surface area contributed by atoms with Gasteiger partial charge in [-0.3, -0.25) is 9.52 Å². The van der Waals surface area contributed by atoms with Crippen molar-refractivity contribution in [2.24, 2.45) is 5.73 Å². The van der Waals surface area contributed by atoms with E-state index in [1.54, 1.807) is 0 Å². The molecule has 0 unspecified atom stereocenters. The zero-order valence-corrected chi connectivity index (χ0v) is 16.1. The van der Waals surface area contributed by atoms with E-state index in [1.807, 2.05) is 13.8 Å². The summed E-state index contributed by atoms with van der Waals surface area (Å²) in [7, 11) is -3.83. The first kappa shape index (κ1) is 20.9. The molecule has 0 radical (unpaired) electrons. The van der Waals surface area contributed by atoms with Crippen LogP contribution in [0.25, 0.3) is 0 Å². The first-order chi connectivity index (χ1) is 12.7. The van der Waals surface area contributed by atoms with Crippen LogP contribution in [-0.2, 0) is 10.0 Å². The highest BCUT2D eigenvalue weighted by atomic mass is 32.2. The van der Waals surface area contributed by atoms with Crippen molar-refractivity contribution in [3.05, 3.63) is 59.9 Å². The third-order valence-corrected chi connectivity index (χ3v) is 5.93. The Kier molecular flexibility index (Phi) is 6.56. The van der Waals surface area contributed by atoms with E-state index in [4.69, 9.17) is 5.73 Å². The fourth-order valence-corrected chi connectivity index (χ4v) is 3.43. The maximum absolute atomic E-state index is 12.9. The number of rotatable bonds is 8. The first-order valence-corrected chi connectivity index (χ1v) is 10.1. The second-order valence-electron chi connectivity index (χ2n) is 6.39. The largest absolute Gasteiger partial charge is 0.350 e. The molecule has 0 atom stereocenters. The minimum absolute atomic E-state index is 0.0517. The summed E-state index contributed by atoms with van der Waals surface area (Å²) in [6.45, 7) is 4.30. The molecule has 0 aliphatic heterocycles. The molecule has 27 heavy (non-hydrogen) atoms. The molecule has 2 aromatic carbocycles. The normalized spacial score (nSPS) is 11.9. The van der Waals surface area contributed by atoms with E-state index in [1.165, 1.54) is 36.4 Å². The lowest BCUT2D eigenvalue weighted by atomic mass is 9.94. The van der Waals surface area contributed by atoms with Gasteiger partial charge in [0.1, 0.15) is 5.82 Å². The molecule has 6 nitrogen and oxygen atoms in total. The first-order valence-electron chi connectivity index (χ1n) is 8.64. The van der Waals surface area contributed by atoms with Crippen molar-refractivity contribution in [1.29, 1.82) is 0 Å². The van der Waals surface area contributed by atoms with Gasteiger partial charge >= 0.3 is 0 Å². The molecule has 0 saturated heterocycles. The lowest BCUT2D eigenvalue weighted by Crippen LogP contribution is -2.49. The third kappa shape index (κ3) is 5.51. The Bertz CT molecular complexity index is 877. The van der Waals surface area contributed by atoms with Crippen molar-refractivity contribution in [3.63, 3.8) is 0 Å². The summed E-state index contributed by atoms with van der Waals surface area (Å²) in [5, 5.41) is 2.80. The molecule has 0 bridgehead atoms. The van der Waals surface area contributed by atoms with Gasteiger partial charge in [0.15, 0.2) is 0 Å². The quantitative estimate of drug-likeness (QED) is 0.642. The van der Waals surface area contributed by atoms with Crippen LogP contribution in [0.4, 0.5) is 10.1 Å².